The molecule has 0 saturated heterocycles. The van der Waals surface area contributed by atoms with Gasteiger partial charge in [0.05, 0.1) is 0 Å². The third-order valence-corrected chi connectivity index (χ3v) is 5.18. The maximum absolute atomic E-state index is 6.36. The minimum absolute atomic E-state index is 0.332. The molecule has 0 heterocycles. The maximum atomic E-state index is 6.36. The smallest absolute Gasteiger partial charge is 0.0452 e. The van der Waals surface area contributed by atoms with Crippen LogP contribution in [0, 0.1) is 25.2 Å². The highest BCUT2D eigenvalue weighted by Gasteiger charge is 2.24. The lowest BCUT2D eigenvalue weighted by molar-refractivity contribution is 0.246. The molecule has 18 heavy (non-hydrogen) atoms. The molecule has 0 spiro atoms. The van der Waals surface area contributed by atoms with Crippen LogP contribution >= 0.6 is 27.5 Å². The Balaban J connectivity index is 2.91. The SMILES string of the molecule is Cc1cc(Cl)c(C(Br)CC(C)C(C)(C)C)cc1C. The number of hydrogen-bond donors (Lipinski definition) is 0. The fraction of sp³-hybridized carbons (Fsp3) is 0.625. The minimum atomic E-state index is 0.332. The first-order valence-corrected chi connectivity index (χ1v) is 7.83. The zero-order valence-electron chi connectivity index (χ0n) is 12.3. The molecular formula is C16H24BrCl. The number of benzene rings is 1. The van der Waals surface area contributed by atoms with Crippen LogP contribution in [0.4, 0.5) is 0 Å². The highest BCUT2D eigenvalue weighted by atomic mass is 79.9. The fourth-order valence-electron chi connectivity index (χ4n) is 1.83. The first-order chi connectivity index (χ1) is 8.12. The Labute approximate surface area is 125 Å². The standard InChI is InChI=1S/C16H24BrCl/c1-10-7-13(15(18)8-11(10)2)14(17)9-12(3)16(4,5)6/h7-8,12,14H,9H2,1-6H3. The first kappa shape index (κ1) is 16.0. The molecule has 0 N–H and O–H groups in total. The van der Waals surface area contributed by atoms with Gasteiger partial charge in [-0.05, 0) is 54.4 Å². The Morgan fingerprint density at radius 1 is 1.17 bits per heavy atom. The van der Waals surface area contributed by atoms with Crippen molar-refractivity contribution in [1.29, 1.82) is 0 Å². The van der Waals surface area contributed by atoms with Crippen molar-refractivity contribution in [2.75, 3.05) is 0 Å². The lowest BCUT2D eigenvalue weighted by atomic mass is 9.79. The maximum Gasteiger partial charge on any atom is 0.0452 e. The van der Waals surface area contributed by atoms with Crippen molar-refractivity contribution in [2.45, 2.75) is 52.8 Å². The van der Waals surface area contributed by atoms with Gasteiger partial charge in [0.1, 0.15) is 0 Å². The fourth-order valence-corrected chi connectivity index (χ4v) is 3.26. The van der Waals surface area contributed by atoms with E-state index in [1.54, 1.807) is 0 Å². The number of aryl methyl sites for hydroxylation is 2. The molecule has 0 saturated carbocycles. The van der Waals surface area contributed by atoms with Crippen molar-refractivity contribution >= 4 is 27.5 Å². The van der Waals surface area contributed by atoms with Crippen LogP contribution in [0.5, 0.6) is 0 Å². The summed E-state index contributed by atoms with van der Waals surface area (Å²) in [5.74, 6) is 0.638. The number of hydrogen-bond acceptors (Lipinski definition) is 0. The van der Waals surface area contributed by atoms with Gasteiger partial charge in [-0.3, -0.25) is 0 Å². The van der Waals surface area contributed by atoms with Crippen LogP contribution < -0.4 is 0 Å². The molecule has 0 aliphatic carbocycles. The topological polar surface area (TPSA) is 0 Å². The van der Waals surface area contributed by atoms with E-state index in [1.807, 2.05) is 0 Å². The van der Waals surface area contributed by atoms with Gasteiger partial charge in [0.15, 0.2) is 0 Å². The van der Waals surface area contributed by atoms with Crippen molar-refractivity contribution in [3.8, 4) is 0 Å². The predicted molar refractivity (Wildman–Crippen MR) is 85.8 cm³/mol. The molecule has 0 fully saturated rings. The molecule has 102 valence electrons. The van der Waals surface area contributed by atoms with Gasteiger partial charge in [-0.2, -0.15) is 0 Å². The molecule has 0 aromatic heterocycles. The Morgan fingerprint density at radius 2 is 1.67 bits per heavy atom. The van der Waals surface area contributed by atoms with Gasteiger partial charge in [0.2, 0.25) is 0 Å². The van der Waals surface area contributed by atoms with Gasteiger partial charge < -0.3 is 0 Å². The van der Waals surface area contributed by atoms with Crippen molar-refractivity contribution in [1.82, 2.24) is 0 Å². The molecule has 0 bridgehead atoms. The second-order valence-electron chi connectivity index (χ2n) is 6.43. The van der Waals surface area contributed by atoms with Crippen molar-refractivity contribution in [3.63, 3.8) is 0 Å². The Hall–Kier alpha value is -0.0100. The van der Waals surface area contributed by atoms with E-state index in [1.165, 1.54) is 16.7 Å². The summed E-state index contributed by atoms with van der Waals surface area (Å²) in [6, 6.07) is 4.29. The Morgan fingerprint density at radius 3 is 2.17 bits per heavy atom. The lowest BCUT2D eigenvalue weighted by Gasteiger charge is -2.29. The molecule has 0 radical (unpaired) electrons. The second kappa shape index (κ2) is 5.96. The molecule has 0 amide bonds. The van der Waals surface area contributed by atoms with Crippen LogP contribution in [0.1, 0.15) is 55.6 Å². The molecule has 2 atom stereocenters. The summed E-state index contributed by atoms with van der Waals surface area (Å²) in [6.07, 6.45) is 1.10. The van der Waals surface area contributed by atoms with Gasteiger partial charge in [-0.1, -0.05) is 61.3 Å². The van der Waals surface area contributed by atoms with E-state index in [2.05, 4.69) is 69.6 Å². The van der Waals surface area contributed by atoms with E-state index in [0.717, 1.165) is 11.4 Å². The predicted octanol–water partition coefficient (Wildman–Crippen LogP) is 6.47. The van der Waals surface area contributed by atoms with Crippen LogP contribution in [0.3, 0.4) is 0 Å². The van der Waals surface area contributed by atoms with E-state index in [9.17, 15) is 0 Å². The van der Waals surface area contributed by atoms with E-state index < -0.39 is 0 Å². The molecule has 2 heteroatoms. The van der Waals surface area contributed by atoms with Crippen molar-refractivity contribution in [2.24, 2.45) is 11.3 Å². The van der Waals surface area contributed by atoms with Crippen LogP contribution in [0.2, 0.25) is 5.02 Å². The summed E-state index contributed by atoms with van der Waals surface area (Å²) in [7, 11) is 0. The first-order valence-electron chi connectivity index (χ1n) is 6.53. The van der Waals surface area contributed by atoms with Gasteiger partial charge in [-0.25, -0.2) is 0 Å². The normalized spacial score (nSPS) is 15.6. The summed E-state index contributed by atoms with van der Waals surface area (Å²) >= 11 is 10.2. The largest absolute Gasteiger partial charge is 0.0840 e. The Kier molecular flexibility index (Phi) is 5.32. The summed E-state index contributed by atoms with van der Waals surface area (Å²) in [4.78, 5) is 0.332. The molecule has 1 aromatic rings. The summed E-state index contributed by atoms with van der Waals surface area (Å²) in [6.45, 7) is 13.4. The van der Waals surface area contributed by atoms with Crippen molar-refractivity contribution in [3.05, 3.63) is 33.8 Å². The van der Waals surface area contributed by atoms with Crippen molar-refractivity contribution < 1.29 is 0 Å². The summed E-state index contributed by atoms with van der Waals surface area (Å²) in [5, 5.41) is 0.876. The van der Waals surface area contributed by atoms with Crippen LogP contribution in [-0.2, 0) is 0 Å². The van der Waals surface area contributed by atoms with Gasteiger partial charge in [-0.15, -0.1) is 0 Å². The van der Waals surface area contributed by atoms with E-state index in [0.29, 0.717) is 16.2 Å². The molecule has 0 aliphatic rings. The lowest BCUT2D eigenvalue weighted by Crippen LogP contribution is -2.18. The molecular weight excluding hydrogens is 308 g/mol. The van der Waals surface area contributed by atoms with Crippen LogP contribution in [-0.4, -0.2) is 0 Å². The number of alkyl halides is 1. The highest BCUT2D eigenvalue weighted by Crippen LogP contribution is 2.40. The average Bonchev–Trinajstić information content (AvgIpc) is 2.21. The molecule has 1 rings (SSSR count). The van der Waals surface area contributed by atoms with Gasteiger partial charge >= 0.3 is 0 Å². The van der Waals surface area contributed by atoms with Gasteiger partial charge in [0, 0.05) is 9.85 Å². The minimum Gasteiger partial charge on any atom is -0.0840 e. The molecule has 0 aliphatic heterocycles. The zero-order valence-corrected chi connectivity index (χ0v) is 14.6. The van der Waals surface area contributed by atoms with E-state index in [4.69, 9.17) is 11.6 Å². The van der Waals surface area contributed by atoms with Gasteiger partial charge in [0.25, 0.3) is 0 Å². The van der Waals surface area contributed by atoms with Crippen LogP contribution in [0.15, 0.2) is 12.1 Å². The zero-order chi connectivity index (χ0) is 14.1. The summed E-state index contributed by atoms with van der Waals surface area (Å²) in [5.41, 5.74) is 4.11. The Bertz CT molecular complexity index is 418. The number of rotatable bonds is 3. The monoisotopic (exact) mass is 330 g/mol. The van der Waals surface area contributed by atoms with E-state index >= 15 is 0 Å². The number of halogens is 2. The second-order valence-corrected chi connectivity index (χ2v) is 7.94. The van der Waals surface area contributed by atoms with E-state index in [-0.39, 0.29) is 0 Å². The molecule has 2 unspecified atom stereocenters. The third kappa shape index (κ3) is 3.99. The van der Waals surface area contributed by atoms with Crippen LogP contribution in [0.25, 0.3) is 0 Å². The highest BCUT2D eigenvalue weighted by molar-refractivity contribution is 9.09. The third-order valence-electron chi connectivity index (χ3n) is 3.99. The average molecular weight is 332 g/mol. The quantitative estimate of drug-likeness (QED) is 0.557. The summed E-state index contributed by atoms with van der Waals surface area (Å²) < 4.78 is 0. The molecule has 1 aromatic carbocycles. The molecule has 0 nitrogen and oxygen atoms in total.